The molecule has 0 amide bonds. The van der Waals surface area contributed by atoms with Gasteiger partial charge in [0.1, 0.15) is 5.58 Å². The van der Waals surface area contributed by atoms with Crippen LogP contribution in [0.4, 0.5) is 0 Å². The third-order valence-corrected chi connectivity index (χ3v) is 2.89. The van der Waals surface area contributed by atoms with Crippen molar-refractivity contribution in [2.75, 3.05) is 7.05 Å². The first kappa shape index (κ1) is 11.2. The number of nitrogens with one attached hydrogen (secondary N) is 1. The van der Waals surface area contributed by atoms with E-state index in [1.807, 2.05) is 13.3 Å². The number of rotatable bonds is 2. The van der Waals surface area contributed by atoms with E-state index >= 15 is 0 Å². The van der Waals surface area contributed by atoms with E-state index in [0.29, 0.717) is 0 Å². The Morgan fingerprint density at radius 2 is 2.00 bits per heavy atom. The van der Waals surface area contributed by atoms with E-state index in [2.05, 4.69) is 44.3 Å². The summed E-state index contributed by atoms with van der Waals surface area (Å²) < 4.78 is 5.53. The maximum absolute atomic E-state index is 5.53. The van der Waals surface area contributed by atoms with Gasteiger partial charge in [-0.1, -0.05) is 26.8 Å². The lowest BCUT2D eigenvalue weighted by Gasteiger charge is -2.18. The summed E-state index contributed by atoms with van der Waals surface area (Å²) in [5.74, 6) is 0. The minimum Gasteiger partial charge on any atom is -0.464 e. The first-order valence-corrected chi connectivity index (χ1v) is 5.67. The second kappa shape index (κ2) is 3.95. The molecule has 2 aromatic rings. The van der Waals surface area contributed by atoms with Crippen LogP contribution in [0.2, 0.25) is 0 Å². The van der Waals surface area contributed by atoms with Crippen molar-refractivity contribution >= 4 is 11.0 Å². The fourth-order valence-electron chi connectivity index (χ4n) is 1.88. The van der Waals surface area contributed by atoms with Crippen molar-refractivity contribution in [3.63, 3.8) is 0 Å². The molecule has 2 rings (SSSR count). The van der Waals surface area contributed by atoms with E-state index in [0.717, 1.165) is 12.1 Å². The molecule has 16 heavy (non-hydrogen) atoms. The van der Waals surface area contributed by atoms with E-state index in [1.165, 1.54) is 16.5 Å². The van der Waals surface area contributed by atoms with Gasteiger partial charge in [-0.3, -0.25) is 0 Å². The summed E-state index contributed by atoms with van der Waals surface area (Å²) in [5, 5.41) is 4.38. The molecule has 1 aromatic heterocycles. The van der Waals surface area contributed by atoms with E-state index < -0.39 is 0 Å². The Hall–Kier alpha value is -1.28. The molecule has 86 valence electrons. The Morgan fingerprint density at radius 3 is 2.62 bits per heavy atom. The summed E-state index contributed by atoms with van der Waals surface area (Å²) in [6.07, 6.45) is 1.84. The van der Waals surface area contributed by atoms with Crippen molar-refractivity contribution in [3.05, 3.63) is 35.6 Å². The topological polar surface area (TPSA) is 25.2 Å². The molecule has 0 bridgehead atoms. The zero-order valence-electron chi connectivity index (χ0n) is 10.4. The van der Waals surface area contributed by atoms with Crippen molar-refractivity contribution in [2.45, 2.75) is 32.7 Å². The van der Waals surface area contributed by atoms with Crippen LogP contribution in [-0.4, -0.2) is 7.05 Å². The highest BCUT2D eigenvalue weighted by atomic mass is 16.3. The molecule has 1 N–H and O–H groups in total. The summed E-state index contributed by atoms with van der Waals surface area (Å²) in [6, 6.07) is 6.45. The van der Waals surface area contributed by atoms with Crippen molar-refractivity contribution in [1.82, 2.24) is 5.32 Å². The normalized spacial score (nSPS) is 12.2. The van der Waals surface area contributed by atoms with Gasteiger partial charge in [0, 0.05) is 17.5 Å². The van der Waals surface area contributed by atoms with E-state index in [-0.39, 0.29) is 5.41 Å². The molecule has 0 aliphatic carbocycles. The molecule has 2 heteroatoms. The SMILES string of the molecule is CNCc1coc2ccc(C(C)(C)C)cc12. The van der Waals surface area contributed by atoms with Crippen LogP contribution in [0.3, 0.4) is 0 Å². The minimum atomic E-state index is 0.183. The number of fused-ring (bicyclic) bond motifs is 1. The van der Waals surface area contributed by atoms with Gasteiger partial charge >= 0.3 is 0 Å². The molecule has 0 atom stereocenters. The van der Waals surface area contributed by atoms with Gasteiger partial charge in [-0.2, -0.15) is 0 Å². The Bertz CT molecular complexity index is 491. The highest BCUT2D eigenvalue weighted by Gasteiger charge is 2.15. The zero-order valence-corrected chi connectivity index (χ0v) is 10.4. The number of furan rings is 1. The Morgan fingerprint density at radius 1 is 1.25 bits per heavy atom. The maximum atomic E-state index is 5.53. The molecule has 0 saturated carbocycles. The van der Waals surface area contributed by atoms with Gasteiger partial charge in [0.25, 0.3) is 0 Å². The molecular weight excluding hydrogens is 198 g/mol. The van der Waals surface area contributed by atoms with E-state index in [4.69, 9.17) is 4.42 Å². The molecule has 0 saturated heterocycles. The summed E-state index contributed by atoms with van der Waals surface area (Å²) in [4.78, 5) is 0. The van der Waals surface area contributed by atoms with Crippen molar-refractivity contribution in [2.24, 2.45) is 0 Å². The lowest BCUT2D eigenvalue weighted by atomic mass is 9.86. The summed E-state index contributed by atoms with van der Waals surface area (Å²) in [6.45, 7) is 7.53. The first-order valence-electron chi connectivity index (χ1n) is 5.67. The quantitative estimate of drug-likeness (QED) is 0.833. The summed E-state index contributed by atoms with van der Waals surface area (Å²) in [5.41, 5.74) is 3.73. The second-order valence-corrected chi connectivity index (χ2v) is 5.25. The molecule has 0 aliphatic rings. The van der Waals surface area contributed by atoms with Gasteiger partial charge in [-0.05, 0) is 30.2 Å². The van der Waals surface area contributed by atoms with Crippen LogP contribution < -0.4 is 5.32 Å². The van der Waals surface area contributed by atoms with Crippen molar-refractivity contribution in [3.8, 4) is 0 Å². The van der Waals surface area contributed by atoms with Gasteiger partial charge in [-0.15, -0.1) is 0 Å². The van der Waals surface area contributed by atoms with Crippen LogP contribution in [0, 0.1) is 0 Å². The highest BCUT2D eigenvalue weighted by Crippen LogP contribution is 2.28. The van der Waals surface area contributed by atoms with Crippen LogP contribution in [0.1, 0.15) is 31.9 Å². The molecule has 2 nitrogen and oxygen atoms in total. The average Bonchev–Trinajstić information content (AvgIpc) is 2.60. The van der Waals surface area contributed by atoms with Crippen LogP contribution >= 0.6 is 0 Å². The fourth-order valence-corrected chi connectivity index (χ4v) is 1.88. The first-order chi connectivity index (χ1) is 7.52. The third-order valence-electron chi connectivity index (χ3n) is 2.89. The Kier molecular flexibility index (Phi) is 2.76. The van der Waals surface area contributed by atoms with Gasteiger partial charge in [0.05, 0.1) is 6.26 Å². The lowest BCUT2D eigenvalue weighted by molar-refractivity contribution is 0.589. The molecule has 1 heterocycles. The summed E-state index contributed by atoms with van der Waals surface area (Å²) in [7, 11) is 1.95. The van der Waals surface area contributed by atoms with Crippen LogP contribution in [0.15, 0.2) is 28.9 Å². The molecule has 1 aromatic carbocycles. The highest BCUT2D eigenvalue weighted by molar-refractivity contribution is 5.82. The van der Waals surface area contributed by atoms with E-state index in [1.54, 1.807) is 0 Å². The lowest BCUT2D eigenvalue weighted by Crippen LogP contribution is -2.10. The Labute approximate surface area is 96.6 Å². The molecule has 0 aliphatic heterocycles. The van der Waals surface area contributed by atoms with Crippen molar-refractivity contribution < 1.29 is 4.42 Å². The van der Waals surface area contributed by atoms with Gasteiger partial charge in [0.2, 0.25) is 0 Å². The molecular formula is C14H19NO. The zero-order chi connectivity index (χ0) is 11.8. The second-order valence-electron chi connectivity index (χ2n) is 5.25. The van der Waals surface area contributed by atoms with Gasteiger partial charge in [0.15, 0.2) is 0 Å². The molecule has 0 spiro atoms. The predicted octanol–water partition coefficient (Wildman–Crippen LogP) is 3.45. The minimum absolute atomic E-state index is 0.183. The maximum Gasteiger partial charge on any atom is 0.134 e. The summed E-state index contributed by atoms with van der Waals surface area (Å²) >= 11 is 0. The Balaban J connectivity index is 2.54. The average molecular weight is 217 g/mol. The molecule has 0 radical (unpaired) electrons. The number of hydrogen-bond donors (Lipinski definition) is 1. The largest absolute Gasteiger partial charge is 0.464 e. The number of hydrogen-bond acceptors (Lipinski definition) is 2. The smallest absolute Gasteiger partial charge is 0.134 e. The number of benzene rings is 1. The standard InChI is InChI=1S/C14H19NO/c1-14(2,3)11-5-6-13-12(7-11)10(8-15-4)9-16-13/h5-7,9,15H,8H2,1-4H3. The fraction of sp³-hybridized carbons (Fsp3) is 0.429. The molecule has 0 fully saturated rings. The van der Waals surface area contributed by atoms with Crippen LogP contribution in [0.5, 0.6) is 0 Å². The van der Waals surface area contributed by atoms with Crippen molar-refractivity contribution in [1.29, 1.82) is 0 Å². The monoisotopic (exact) mass is 217 g/mol. The van der Waals surface area contributed by atoms with Crippen LogP contribution in [-0.2, 0) is 12.0 Å². The van der Waals surface area contributed by atoms with Gasteiger partial charge in [-0.25, -0.2) is 0 Å². The third kappa shape index (κ3) is 1.98. The predicted molar refractivity (Wildman–Crippen MR) is 67.7 cm³/mol. The van der Waals surface area contributed by atoms with E-state index in [9.17, 15) is 0 Å². The van der Waals surface area contributed by atoms with Gasteiger partial charge < -0.3 is 9.73 Å². The molecule has 0 unspecified atom stereocenters. The van der Waals surface area contributed by atoms with Crippen LogP contribution in [0.25, 0.3) is 11.0 Å².